The molecule has 2 heterocycles. The molecule has 0 aliphatic rings. The van der Waals surface area contributed by atoms with Crippen LogP contribution in [-0.2, 0) is 10.0 Å². The van der Waals surface area contributed by atoms with Crippen molar-refractivity contribution in [2.45, 2.75) is 6.92 Å². The highest BCUT2D eigenvalue weighted by Crippen LogP contribution is 2.39. The van der Waals surface area contributed by atoms with Crippen LogP contribution < -0.4 is 9.46 Å². The molecule has 9 heteroatoms. The Labute approximate surface area is 171 Å². The Hall–Kier alpha value is -3.46. The first-order valence-electron chi connectivity index (χ1n) is 9.06. The smallest absolute Gasteiger partial charge is 0.232 e. The molecule has 2 aromatic heterocycles. The van der Waals surface area contributed by atoms with Crippen molar-refractivity contribution in [1.82, 2.24) is 9.97 Å². The normalized spacial score (nSPS) is 11.6. The monoisotopic (exact) mass is 429 g/mol. The molecule has 0 unspecified atom stereocenters. The molecular weight excluding hydrogens is 412 g/mol. The van der Waals surface area contributed by atoms with E-state index in [2.05, 4.69) is 14.7 Å². The van der Waals surface area contributed by atoms with Gasteiger partial charge in [-0.25, -0.2) is 22.2 Å². The molecule has 0 radical (unpaired) electrons. The second-order valence-electron chi connectivity index (χ2n) is 6.49. The zero-order valence-corrected chi connectivity index (χ0v) is 16.6. The molecule has 154 valence electrons. The van der Waals surface area contributed by atoms with Gasteiger partial charge in [0.2, 0.25) is 10.0 Å². The van der Waals surface area contributed by atoms with Crippen LogP contribution in [0.25, 0.3) is 22.2 Å². The van der Waals surface area contributed by atoms with E-state index in [4.69, 9.17) is 4.74 Å². The summed E-state index contributed by atoms with van der Waals surface area (Å²) in [6, 6.07) is 11.2. The van der Waals surface area contributed by atoms with Gasteiger partial charge in [0, 0.05) is 35.1 Å². The highest BCUT2D eigenvalue weighted by atomic mass is 32.2. The number of pyridine rings is 1. The number of aromatic nitrogens is 2. The van der Waals surface area contributed by atoms with Gasteiger partial charge in [-0.2, -0.15) is 0 Å². The average Bonchev–Trinajstić information content (AvgIpc) is 3.20. The Morgan fingerprint density at radius 2 is 1.83 bits per heavy atom. The van der Waals surface area contributed by atoms with Crippen LogP contribution in [-0.4, -0.2) is 24.1 Å². The molecule has 0 amide bonds. The summed E-state index contributed by atoms with van der Waals surface area (Å²) >= 11 is 0. The molecule has 4 rings (SSSR count). The minimum absolute atomic E-state index is 0.0846. The van der Waals surface area contributed by atoms with Crippen LogP contribution >= 0.6 is 0 Å². The molecular formula is C21H17F2N3O3S. The van der Waals surface area contributed by atoms with E-state index in [0.717, 1.165) is 17.5 Å². The Kier molecular flexibility index (Phi) is 5.13. The van der Waals surface area contributed by atoms with Gasteiger partial charge in [-0.1, -0.05) is 0 Å². The summed E-state index contributed by atoms with van der Waals surface area (Å²) in [5.74, 6) is -1.53. The van der Waals surface area contributed by atoms with Gasteiger partial charge < -0.3 is 9.72 Å². The van der Waals surface area contributed by atoms with Crippen molar-refractivity contribution in [1.29, 1.82) is 0 Å². The quantitative estimate of drug-likeness (QED) is 0.449. The number of nitrogens with zero attached hydrogens (tertiary/aromatic N) is 1. The number of sulfonamides is 1. The third-order valence-electron chi connectivity index (χ3n) is 4.50. The lowest BCUT2D eigenvalue weighted by molar-refractivity contribution is 0.439. The van der Waals surface area contributed by atoms with Crippen LogP contribution in [0.3, 0.4) is 0 Å². The van der Waals surface area contributed by atoms with E-state index in [0.29, 0.717) is 22.5 Å². The fraction of sp³-hybridized carbons (Fsp3) is 0.0952. The number of halogens is 2. The molecule has 2 aromatic carbocycles. The Bertz CT molecular complexity index is 1340. The summed E-state index contributed by atoms with van der Waals surface area (Å²) < 4.78 is 59.6. The zero-order valence-electron chi connectivity index (χ0n) is 15.8. The SMILES string of the molecule is CCS(=O)(=O)Nc1ccc(Oc2ccc(F)cc2F)c(-c2ccnc3[nH]ccc23)c1. The van der Waals surface area contributed by atoms with Crippen molar-refractivity contribution in [3.05, 3.63) is 72.6 Å². The molecule has 0 fully saturated rings. The molecule has 4 aromatic rings. The van der Waals surface area contributed by atoms with Crippen LogP contribution in [0, 0.1) is 11.6 Å². The van der Waals surface area contributed by atoms with Crippen molar-refractivity contribution >= 4 is 26.7 Å². The molecule has 0 aliphatic heterocycles. The van der Waals surface area contributed by atoms with Gasteiger partial charge in [0.05, 0.1) is 5.75 Å². The van der Waals surface area contributed by atoms with Crippen LogP contribution in [0.15, 0.2) is 60.9 Å². The standard InChI is InChI=1S/C21H17F2N3O3S/c1-2-30(27,28)26-14-4-6-19(29-20-5-3-13(22)11-18(20)23)17(12-14)15-7-9-24-21-16(15)8-10-25-21/h3-12,26H,2H2,1H3,(H,24,25). The maximum absolute atomic E-state index is 14.1. The van der Waals surface area contributed by atoms with Gasteiger partial charge >= 0.3 is 0 Å². The highest BCUT2D eigenvalue weighted by Gasteiger charge is 2.16. The maximum atomic E-state index is 14.1. The lowest BCUT2D eigenvalue weighted by atomic mass is 10.0. The first kappa shape index (κ1) is 19.8. The van der Waals surface area contributed by atoms with Crippen LogP contribution in [0.1, 0.15) is 6.92 Å². The average molecular weight is 429 g/mol. The van der Waals surface area contributed by atoms with Gasteiger partial charge in [-0.05, 0) is 55.0 Å². The Balaban J connectivity index is 1.86. The van der Waals surface area contributed by atoms with Crippen molar-refractivity contribution in [2.75, 3.05) is 10.5 Å². The fourth-order valence-corrected chi connectivity index (χ4v) is 3.65. The number of hydrogen-bond acceptors (Lipinski definition) is 4. The number of H-pyrrole nitrogens is 1. The predicted octanol–water partition coefficient (Wildman–Crippen LogP) is 5.06. The second kappa shape index (κ2) is 7.75. The first-order valence-corrected chi connectivity index (χ1v) is 10.7. The number of nitrogens with one attached hydrogen (secondary N) is 2. The third kappa shape index (κ3) is 3.97. The van der Waals surface area contributed by atoms with Crippen molar-refractivity contribution in [3.8, 4) is 22.6 Å². The minimum atomic E-state index is -3.50. The molecule has 0 saturated carbocycles. The molecule has 0 aliphatic carbocycles. The molecule has 0 spiro atoms. The Morgan fingerprint density at radius 3 is 2.60 bits per heavy atom. The van der Waals surface area contributed by atoms with Gasteiger partial charge in [0.1, 0.15) is 17.2 Å². The number of rotatable bonds is 6. The number of anilines is 1. The summed E-state index contributed by atoms with van der Waals surface area (Å²) in [6.07, 6.45) is 3.32. The third-order valence-corrected chi connectivity index (χ3v) is 5.80. The van der Waals surface area contributed by atoms with Gasteiger partial charge in [0.25, 0.3) is 0 Å². The van der Waals surface area contributed by atoms with E-state index in [-0.39, 0.29) is 17.3 Å². The van der Waals surface area contributed by atoms with Crippen molar-refractivity contribution < 1.29 is 21.9 Å². The minimum Gasteiger partial charge on any atom is -0.454 e. The zero-order chi connectivity index (χ0) is 21.3. The predicted molar refractivity (Wildman–Crippen MR) is 111 cm³/mol. The molecule has 0 atom stereocenters. The summed E-state index contributed by atoms with van der Waals surface area (Å²) in [4.78, 5) is 7.26. The van der Waals surface area contributed by atoms with E-state index in [1.807, 2.05) is 6.07 Å². The summed E-state index contributed by atoms with van der Waals surface area (Å²) in [5, 5.41) is 0.775. The second-order valence-corrected chi connectivity index (χ2v) is 8.50. The summed E-state index contributed by atoms with van der Waals surface area (Å²) in [5.41, 5.74) is 2.18. The highest BCUT2D eigenvalue weighted by molar-refractivity contribution is 7.92. The van der Waals surface area contributed by atoms with Gasteiger partial charge in [-0.15, -0.1) is 0 Å². The van der Waals surface area contributed by atoms with Crippen molar-refractivity contribution in [3.63, 3.8) is 0 Å². The largest absolute Gasteiger partial charge is 0.454 e. The first-order chi connectivity index (χ1) is 14.4. The maximum Gasteiger partial charge on any atom is 0.232 e. The van der Waals surface area contributed by atoms with E-state index in [1.165, 1.54) is 25.1 Å². The number of aromatic amines is 1. The molecule has 6 nitrogen and oxygen atoms in total. The van der Waals surface area contributed by atoms with E-state index in [9.17, 15) is 17.2 Å². The number of benzene rings is 2. The van der Waals surface area contributed by atoms with Crippen LogP contribution in [0.2, 0.25) is 0 Å². The lowest BCUT2D eigenvalue weighted by Crippen LogP contribution is -2.14. The number of fused-ring (bicyclic) bond motifs is 1. The van der Waals surface area contributed by atoms with Crippen molar-refractivity contribution in [2.24, 2.45) is 0 Å². The Morgan fingerprint density at radius 1 is 1.03 bits per heavy atom. The van der Waals surface area contributed by atoms with Crippen LogP contribution in [0.4, 0.5) is 14.5 Å². The van der Waals surface area contributed by atoms with Gasteiger partial charge in [0.15, 0.2) is 11.6 Å². The number of hydrogen-bond donors (Lipinski definition) is 2. The molecule has 0 saturated heterocycles. The molecule has 30 heavy (non-hydrogen) atoms. The lowest BCUT2D eigenvalue weighted by Gasteiger charge is -2.15. The van der Waals surface area contributed by atoms with E-state index >= 15 is 0 Å². The summed E-state index contributed by atoms with van der Waals surface area (Å²) in [7, 11) is -3.50. The number of ether oxygens (including phenoxy) is 1. The van der Waals surface area contributed by atoms with E-state index in [1.54, 1.807) is 24.5 Å². The molecule has 0 bridgehead atoms. The van der Waals surface area contributed by atoms with E-state index < -0.39 is 21.7 Å². The molecule has 2 N–H and O–H groups in total. The summed E-state index contributed by atoms with van der Waals surface area (Å²) in [6.45, 7) is 1.53. The van der Waals surface area contributed by atoms with Crippen LogP contribution in [0.5, 0.6) is 11.5 Å². The topological polar surface area (TPSA) is 84.1 Å². The fourth-order valence-electron chi connectivity index (χ4n) is 3.02. The van der Waals surface area contributed by atoms with Gasteiger partial charge in [-0.3, -0.25) is 4.72 Å².